The molecule has 1 aromatic rings. The number of esters is 1. The SMILES string of the molecule is C=CC[C@@H](OC1C(O)[C@H](O[C@@H]2CCC[C@@H](C)C2O[C@@H]2OC(C)[C@@H](OCCCC)C(OCCCC)[C@@H]2OCCCC)O[C@H]2COC(c3ccccc3)O[C@H]12)C(=O)OC. The lowest BCUT2D eigenvalue weighted by Crippen LogP contribution is -2.65. The highest BCUT2D eigenvalue weighted by Crippen LogP contribution is 2.40. The Labute approximate surface area is 340 Å². The minimum absolute atomic E-state index is 0.0849. The third-order valence-electron chi connectivity index (χ3n) is 11.4. The van der Waals surface area contributed by atoms with E-state index in [1.807, 2.05) is 37.3 Å². The van der Waals surface area contributed by atoms with Gasteiger partial charge in [-0.25, -0.2) is 4.79 Å². The number of carbonyl (C=O) groups excluding carboxylic acids is 1. The fourth-order valence-electron chi connectivity index (χ4n) is 8.09. The van der Waals surface area contributed by atoms with Gasteiger partial charge in [-0.1, -0.05) is 89.8 Å². The highest BCUT2D eigenvalue weighted by molar-refractivity contribution is 5.74. The van der Waals surface area contributed by atoms with Crippen LogP contribution in [0.3, 0.4) is 0 Å². The van der Waals surface area contributed by atoms with Gasteiger partial charge in [-0.3, -0.25) is 0 Å². The zero-order valence-corrected chi connectivity index (χ0v) is 35.1. The summed E-state index contributed by atoms with van der Waals surface area (Å²) < 4.78 is 70.5. The number of aliphatic hydroxyl groups is 1. The van der Waals surface area contributed by atoms with Crippen LogP contribution in [0.5, 0.6) is 0 Å². The zero-order chi connectivity index (χ0) is 40.7. The minimum atomic E-state index is -1.34. The molecule has 3 heterocycles. The number of hydrogen-bond donors (Lipinski definition) is 1. The summed E-state index contributed by atoms with van der Waals surface area (Å²) in [6.07, 6.45) is 0.0275. The summed E-state index contributed by atoms with van der Waals surface area (Å²) in [5.74, 6) is -0.502. The van der Waals surface area contributed by atoms with E-state index in [2.05, 4.69) is 34.3 Å². The predicted octanol–water partition coefficient (Wildman–Crippen LogP) is 6.58. The van der Waals surface area contributed by atoms with Crippen LogP contribution in [0.1, 0.15) is 111 Å². The fourth-order valence-corrected chi connectivity index (χ4v) is 8.09. The lowest BCUT2D eigenvalue weighted by atomic mass is 9.85. The first-order valence-electron chi connectivity index (χ1n) is 21.5. The molecule has 3 saturated heterocycles. The van der Waals surface area contributed by atoms with Crippen molar-refractivity contribution in [1.82, 2.24) is 0 Å². The quantitative estimate of drug-likeness (QED) is 0.0768. The maximum Gasteiger partial charge on any atom is 0.335 e. The number of rotatable bonds is 22. The van der Waals surface area contributed by atoms with Crippen LogP contribution in [-0.2, 0) is 56.9 Å². The van der Waals surface area contributed by atoms with Crippen LogP contribution >= 0.6 is 0 Å². The maximum absolute atomic E-state index is 12.8. The molecule has 0 bridgehead atoms. The Balaban J connectivity index is 1.38. The molecule has 0 radical (unpaired) electrons. The topological polar surface area (TPSA) is 139 Å². The molecule has 15 atom stereocenters. The molecule has 0 amide bonds. The Morgan fingerprint density at radius 3 is 2.16 bits per heavy atom. The molecule has 1 aliphatic carbocycles. The second kappa shape index (κ2) is 23.7. The van der Waals surface area contributed by atoms with Crippen LogP contribution in [0.4, 0.5) is 0 Å². The summed E-state index contributed by atoms with van der Waals surface area (Å²) >= 11 is 0. The summed E-state index contributed by atoms with van der Waals surface area (Å²) in [6.45, 7) is 16.3. The molecular formula is C44H70O13. The number of fused-ring (bicyclic) bond motifs is 1. The Bertz CT molecular complexity index is 1300. The van der Waals surface area contributed by atoms with Gasteiger partial charge < -0.3 is 57.2 Å². The molecule has 1 saturated carbocycles. The van der Waals surface area contributed by atoms with E-state index >= 15 is 0 Å². The normalized spacial score (nSPS) is 36.3. The van der Waals surface area contributed by atoms with Gasteiger partial charge in [0.05, 0.1) is 32.0 Å². The third kappa shape index (κ3) is 12.3. The van der Waals surface area contributed by atoms with Crippen molar-refractivity contribution in [3.8, 4) is 0 Å². The average Bonchev–Trinajstić information content (AvgIpc) is 3.22. The smallest absolute Gasteiger partial charge is 0.335 e. The summed E-state index contributed by atoms with van der Waals surface area (Å²) in [5.41, 5.74) is 0.808. The van der Waals surface area contributed by atoms with Gasteiger partial charge in [-0.2, -0.15) is 0 Å². The van der Waals surface area contributed by atoms with Gasteiger partial charge in [0.1, 0.15) is 42.7 Å². The van der Waals surface area contributed by atoms with Crippen molar-refractivity contribution < 1.29 is 62.0 Å². The van der Waals surface area contributed by atoms with Crippen LogP contribution in [0.15, 0.2) is 43.0 Å². The number of aliphatic hydroxyl groups excluding tert-OH is 1. The molecule has 0 spiro atoms. The van der Waals surface area contributed by atoms with Gasteiger partial charge in [0.15, 0.2) is 25.0 Å². The van der Waals surface area contributed by atoms with Crippen LogP contribution in [0, 0.1) is 5.92 Å². The third-order valence-corrected chi connectivity index (χ3v) is 11.4. The maximum atomic E-state index is 12.8. The molecule has 4 aliphatic rings. The number of benzene rings is 1. The standard InChI is InChI=1S/C44H70O13/c1-8-12-24-48-36-29(6)52-44(40(50-26-14-10-3)39(36)49-25-13-9-2)56-35-28(5)20-18-23-31(35)54-43-34(45)38(53-32(19-11-4)41(46)47-7)37-33(55-43)27-51-42(57-37)30-21-16-15-17-22-30/h11,15-17,21-22,28-29,31-40,42-45H,4,8-10,12-14,18-20,23-27H2,1-3,5-7H3/t28-,29?,31-,32-,33+,34?,35?,36-,37+,38?,39?,40+,42?,43-,44+/m1/s1. The Morgan fingerprint density at radius 1 is 0.842 bits per heavy atom. The van der Waals surface area contributed by atoms with Crippen molar-refractivity contribution >= 4 is 5.97 Å². The molecule has 5 rings (SSSR count). The van der Waals surface area contributed by atoms with Crippen LogP contribution < -0.4 is 0 Å². The lowest BCUT2D eigenvalue weighted by molar-refractivity contribution is -0.382. The van der Waals surface area contributed by atoms with Crippen molar-refractivity contribution in [3.63, 3.8) is 0 Å². The molecule has 1 aromatic carbocycles. The minimum Gasteiger partial charge on any atom is -0.467 e. The van der Waals surface area contributed by atoms with Crippen LogP contribution in [0.2, 0.25) is 0 Å². The van der Waals surface area contributed by atoms with E-state index in [9.17, 15) is 9.90 Å². The highest BCUT2D eigenvalue weighted by Gasteiger charge is 2.54. The van der Waals surface area contributed by atoms with E-state index in [0.717, 1.165) is 56.9 Å². The lowest BCUT2D eigenvalue weighted by Gasteiger charge is -2.50. The average molecular weight is 807 g/mol. The Kier molecular flexibility index (Phi) is 19.1. The number of hydrogen-bond acceptors (Lipinski definition) is 13. The van der Waals surface area contributed by atoms with Gasteiger partial charge in [-0.05, 0) is 44.9 Å². The van der Waals surface area contributed by atoms with Gasteiger partial charge in [0.2, 0.25) is 0 Å². The second-order valence-electron chi connectivity index (χ2n) is 15.8. The molecule has 6 unspecified atom stereocenters. The largest absolute Gasteiger partial charge is 0.467 e. The summed E-state index contributed by atoms with van der Waals surface area (Å²) in [6, 6.07) is 9.52. The molecule has 13 nitrogen and oxygen atoms in total. The van der Waals surface area contributed by atoms with E-state index in [1.54, 1.807) is 6.08 Å². The van der Waals surface area contributed by atoms with Gasteiger partial charge in [-0.15, -0.1) is 6.58 Å². The molecule has 4 fully saturated rings. The van der Waals surface area contributed by atoms with Crippen molar-refractivity contribution in [2.45, 2.75) is 185 Å². The second-order valence-corrected chi connectivity index (χ2v) is 15.8. The first-order chi connectivity index (χ1) is 27.7. The summed E-state index contributed by atoms with van der Waals surface area (Å²) in [5, 5.41) is 12.1. The van der Waals surface area contributed by atoms with Crippen molar-refractivity contribution in [2.75, 3.05) is 33.5 Å². The first-order valence-corrected chi connectivity index (χ1v) is 21.5. The Morgan fingerprint density at radius 2 is 1.51 bits per heavy atom. The van der Waals surface area contributed by atoms with E-state index in [0.29, 0.717) is 26.2 Å². The predicted molar refractivity (Wildman–Crippen MR) is 211 cm³/mol. The molecule has 0 aromatic heterocycles. The first kappa shape index (κ1) is 46.1. The molecule has 3 aliphatic heterocycles. The van der Waals surface area contributed by atoms with E-state index in [-0.39, 0.29) is 37.3 Å². The van der Waals surface area contributed by atoms with E-state index in [1.165, 1.54) is 7.11 Å². The molecular weight excluding hydrogens is 736 g/mol. The highest BCUT2D eigenvalue weighted by atomic mass is 16.8. The van der Waals surface area contributed by atoms with Gasteiger partial charge >= 0.3 is 5.97 Å². The number of unbranched alkanes of at least 4 members (excludes halogenated alkanes) is 3. The molecule has 324 valence electrons. The van der Waals surface area contributed by atoms with Crippen LogP contribution in [-0.4, -0.2) is 124 Å². The number of methoxy groups -OCH3 is 1. The van der Waals surface area contributed by atoms with Gasteiger partial charge in [0.25, 0.3) is 0 Å². The number of ether oxygens (including phenoxy) is 11. The molecule has 1 N–H and O–H groups in total. The summed E-state index contributed by atoms with van der Waals surface area (Å²) in [7, 11) is 1.30. The molecule has 57 heavy (non-hydrogen) atoms. The van der Waals surface area contributed by atoms with Crippen LogP contribution in [0.25, 0.3) is 0 Å². The van der Waals surface area contributed by atoms with Crippen molar-refractivity contribution in [3.05, 3.63) is 48.6 Å². The van der Waals surface area contributed by atoms with Gasteiger partial charge in [0, 0.05) is 31.8 Å². The monoisotopic (exact) mass is 806 g/mol. The molecule has 13 heteroatoms. The number of carbonyl (C=O) groups is 1. The van der Waals surface area contributed by atoms with Crippen molar-refractivity contribution in [1.29, 1.82) is 0 Å². The van der Waals surface area contributed by atoms with E-state index in [4.69, 9.17) is 52.1 Å². The Hall–Kier alpha value is -2.01. The zero-order valence-electron chi connectivity index (χ0n) is 35.1. The summed E-state index contributed by atoms with van der Waals surface area (Å²) in [4.78, 5) is 12.8. The van der Waals surface area contributed by atoms with Crippen molar-refractivity contribution in [2.24, 2.45) is 5.92 Å². The van der Waals surface area contributed by atoms with E-state index < -0.39 is 73.7 Å². The fraction of sp³-hybridized carbons (Fsp3) is 0.795.